The lowest BCUT2D eigenvalue weighted by atomic mass is 10.2. The molecular weight excluding hydrogens is 352 g/mol. The lowest BCUT2D eigenvalue weighted by Gasteiger charge is -2.06. The van der Waals surface area contributed by atoms with Gasteiger partial charge in [0.05, 0.1) is 7.11 Å². The van der Waals surface area contributed by atoms with Crippen molar-refractivity contribution in [3.8, 4) is 5.75 Å². The summed E-state index contributed by atoms with van der Waals surface area (Å²) < 4.78 is 5.09. The molecule has 0 saturated carbocycles. The van der Waals surface area contributed by atoms with E-state index in [9.17, 15) is 9.59 Å². The highest BCUT2D eigenvalue weighted by atomic mass is 32.1. The largest absolute Gasteiger partial charge is 0.497 e. The minimum Gasteiger partial charge on any atom is -0.497 e. The van der Waals surface area contributed by atoms with E-state index in [0.29, 0.717) is 16.4 Å². The highest BCUT2D eigenvalue weighted by Gasteiger charge is 2.10. The number of carbonyl (C=O) groups is 2. The van der Waals surface area contributed by atoms with Crippen molar-refractivity contribution in [1.82, 2.24) is 15.5 Å². The summed E-state index contributed by atoms with van der Waals surface area (Å²) in [6.45, 7) is 2.39. The van der Waals surface area contributed by atoms with Crippen LogP contribution in [0.25, 0.3) is 0 Å². The maximum Gasteiger partial charge on any atom is 0.251 e. The lowest BCUT2D eigenvalue weighted by Crippen LogP contribution is -2.27. The topological polar surface area (TPSA) is 93.2 Å². The van der Waals surface area contributed by atoms with Gasteiger partial charge < -0.3 is 15.4 Å². The predicted octanol–water partition coefficient (Wildman–Crippen LogP) is 3.04. The molecule has 0 aliphatic heterocycles. The summed E-state index contributed by atoms with van der Waals surface area (Å²) in [5.74, 6) is 0.166. The minimum absolute atomic E-state index is 0.167. The molecular formula is C18H24N4O3S. The zero-order valence-electron chi connectivity index (χ0n) is 15.1. The van der Waals surface area contributed by atoms with Crippen LogP contribution in [0.1, 0.15) is 48.0 Å². The van der Waals surface area contributed by atoms with Crippen LogP contribution in [0.4, 0.5) is 5.13 Å². The second-order valence-corrected chi connectivity index (χ2v) is 6.81. The Bertz CT molecular complexity index is 733. The van der Waals surface area contributed by atoms with Crippen molar-refractivity contribution < 1.29 is 14.3 Å². The first-order chi connectivity index (χ1) is 12.6. The van der Waals surface area contributed by atoms with Crippen LogP contribution in [0.3, 0.4) is 0 Å². The van der Waals surface area contributed by atoms with Gasteiger partial charge in [-0.15, -0.1) is 10.2 Å². The van der Waals surface area contributed by atoms with Crippen LogP contribution >= 0.6 is 11.3 Å². The van der Waals surface area contributed by atoms with E-state index in [1.54, 1.807) is 31.4 Å². The van der Waals surface area contributed by atoms with E-state index in [-0.39, 0.29) is 24.8 Å². The lowest BCUT2D eigenvalue weighted by molar-refractivity contribution is -0.116. The Labute approximate surface area is 157 Å². The van der Waals surface area contributed by atoms with E-state index >= 15 is 0 Å². The van der Waals surface area contributed by atoms with Gasteiger partial charge in [-0.1, -0.05) is 37.2 Å². The number of hydrogen-bond donors (Lipinski definition) is 2. The van der Waals surface area contributed by atoms with Gasteiger partial charge in [0.1, 0.15) is 10.8 Å². The molecule has 2 N–H and O–H groups in total. The number of aryl methyl sites for hydroxylation is 1. The van der Waals surface area contributed by atoms with Crippen LogP contribution in [0.15, 0.2) is 24.3 Å². The Balaban J connectivity index is 1.72. The Kier molecular flexibility index (Phi) is 8.01. The molecule has 1 heterocycles. The summed E-state index contributed by atoms with van der Waals surface area (Å²) in [7, 11) is 1.55. The molecule has 1 aromatic heterocycles. The molecule has 0 aliphatic rings. The van der Waals surface area contributed by atoms with Crippen LogP contribution in [0.2, 0.25) is 0 Å². The number of amides is 2. The number of nitrogens with one attached hydrogen (secondary N) is 2. The number of ether oxygens (including phenoxy) is 1. The molecule has 1 aromatic carbocycles. The smallest absolute Gasteiger partial charge is 0.251 e. The molecule has 0 bridgehead atoms. The summed E-state index contributed by atoms with van der Waals surface area (Å²) in [5, 5.41) is 14.9. The highest BCUT2D eigenvalue weighted by Crippen LogP contribution is 2.17. The van der Waals surface area contributed by atoms with E-state index in [4.69, 9.17) is 4.74 Å². The standard InChI is InChI=1S/C18H24N4O3S/c1-3-4-5-9-16-21-22-18(26-16)20-15(23)10-11-19-17(24)13-7-6-8-14(12-13)25-2/h6-8,12H,3-5,9-11H2,1-2H3,(H,19,24)(H,20,22,23). The Hall–Kier alpha value is -2.48. The third-order valence-corrected chi connectivity index (χ3v) is 4.58. The third-order valence-electron chi connectivity index (χ3n) is 3.68. The Morgan fingerprint density at radius 3 is 2.85 bits per heavy atom. The van der Waals surface area contributed by atoms with E-state index in [1.807, 2.05) is 0 Å². The van der Waals surface area contributed by atoms with Crippen molar-refractivity contribution in [2.24, 2.45) is 0 Å². The molecule has 0 aliphatic carbocycles. The molecule has 7 nitrogen and oxygen atoms in total. The van der Waals surface area contributed by atoms with Gasteiger partial charge in [0.2, 0.25) is 11.0 Å². The van der Waals surface area contributed by atoms with Crippen molar-refractivity contribution in [3.05, 3.63) is 34.8 Å². The fraction of sp³-hybridized carbons (Fsp3) is 0.444. The van der Waals surface area contributed by atoms with Crippen LogP contribution in [-0.2, 0) is 11.2 Å². The van der Waals surface area contributed by atoms with Crippen molar-refractivity contribution >= 4 is 28.3 Å². The zero-order valence-corrected chi connectivity index (χ0v) is 15.9. The second-order valence-electron chi connectivity index (χ2n) is 5.74. The predicted molar refractivity (Wildman–Crippen MR) is 102 cm³/mol. The van der Waals surface area contributed by atoms with Crippen molar-refractivity contribution in [3.63, 3.8) is 0 Å². The molecule has 0 unspecified atom stereocenters. The normalized spacial score (nSPS) is 10.4. The first-order valence-electron chi connectivity index (χ1n) is 8.67. The number of nitrogens with zero attached hydrogens (tertiary/aromatic N) is 2. The SMILES string of the molecule is CCCCCc1nnc(NC(=O)CCNC(=O)c2cccc(OC)c2)s1. The van der Waals surface area contributed by atoms with Gasteiger partial charge in [0, 0.05) is 24.9 Å². The molecule has 8 heteroatoms. The minimum atomic E-state index is -0.245. The monoisotopic (exact) mass is 376 g/mol. The Morgan fingerprint density at radius 2 is 2.08 bits per heavy atom. The molecule has 0 saturated heterocycles. The number of anilines is 1. The number of rotatable bonds is 10. The van der Waals surface area contributed by atoms with Gasteiger partial charge in [0.15, 0.2) is 0 Å². The number of carbonyl (C=O) groups excluding carboxylic acids is 2. The molecule has 0 spiro atoms. The summed E-state index contributed by atoms with van der Waals surface area (Å²) in [5.41, 5.74) is 0.491. The van der Waals surface area contributed by atoms with Crippen LogP contribution in [0, 0.1) is 0 Å². The van der Waals surface area contributed by atoms with Gasteiger partial charge in [-0.05, 0) is 24.6 Å². The molecule has 2 aromatic rings. The van der Waals surface area contributed by atoms with Gasteiger partial charge in [-0.25, -0.2) is 0 Å². The molecule has 140 valence electrons. The number of benzene rings is 1. The van der Waals surface area contributed by atoms with Crippen LogP contribution in [-0.4, -0.2) is 35.7 Å². The maximum atomic E-state index is 12.1. The molecule has 0 atom stereocenters. The van der Waals surface area contributed by atoms with E-state index < -0.39 is 0 Å². The summed E-state index contributed by atoms with van der Waals surface area (Å²) in [6, 6.07) is 6.85. The quantitative estimate of drug-likeness (QED) is 0.622. The van der Waals surface area contributed by atoms with E-state index in [1.165, 1.54) is 11.3 Å². The fourth-order valence-corrected chi connectivity index (χ4v) is 3.07. The van der Waals surface area contributed by atoms with Crippen LogP contribution < -0.4 is 15.4 Å². The third kappa shape index (κ3) is 6.44. The Morgan fingerprint density at radius 1 is 1.23 bits per heavy atom. The second kappa shape index (κ2) is 10.5. The molecule has 2 rings (SSSR count). The first-order valence-corrected chi connectivity index (χ1v) is 9.48. The molecule has 26 heavy (non-hydrogen) atoms. The first kappa shape index (κ1) is 19.8. The summed E-state index contributed by atoms with van der Waals surface area (Å²) in [4.78, 5) is 24.0. The van der Waals surface area contributed by atoms with Gasteiger partial charge >= 0.3 is 0 Å². The molecule has 0 radical (unpaired) electrons. The molecule has 2 amide bonds. The van der Waals surface area contributed by atoms with Crippen molar-refractivity contribution in [2.75, 3.05) is 19.0 Å². The number of aromatic nitrogens is 2. The summed E-state index contributed by atoms with van der Waals surface area (Å²) >= 11 is 1.40. The van der Waals surface area contributed by atoms with Gasteiger partial charge in [-0.2, -0.15) is 0 Å². The average Bonchev–Trinajstić information content (AvgIpc) is 3.09. The van der Waals surface area contributed by atoms with Crippen LogP contribution in [0.5, 0.6) is 5.75 Å². The summed E-state index contributed by atoms with van der Waals surface area (Å²) in [6.07, 6.45) is 4.45. The number of hydrogen-bond acceptors (Lipinski definition) is 6. The van der Waals surface area contributed by atoms with E-state index in [2.05, 4.69) is 27.8 Å². The van der Waals surface area contributed by atoms with Crippen molar-refractivity contribution in [1.29, 1.82) is 0 Å². The average molecular weight is 376 g/mol. The number of methoxy groups -OCH3 is 1. The molecule has 0 fully saturated rings. The van der Waals surface area contributed by atoms with Gasteiger partial charge in [0.25, 0.3) is 5.91 Å². The van der Waals surface area contributed by atoms with E-state index in [0.717, 1.165) is 30.7 Å². The zero-order chi connectivity index (χ0) is 18.8. The maximum absolute atomic E-state index is 12.1. The van der Waals surface area contributed by atoms with Crippen molar-refractivity contribution in [2.45, 2.75) is 39.0 Å². The highest BCUT2D eigenvalue weighted by molar-refractivity contribution is 7.15. The number of unbranched alkanes of at least 4 members (excludes halogenated alkanes) is 2. The fourth-order valence-electron chi connectivity index (χ4n) is 2.27. The van der Waals surface area contributed by atoms with Gasteiger partial charge in [-0.3, -0.25) is 9.59 Å².